The van der Waals surface area contributed by atoms with Crippen LogP contribution in [0, 0.1) is 6.92 Å². The van der Waals surface area contributed by atoms with Gasteiger partial charge in [-0.25, -0.2) is 0 Å². The average Bonchev–Trinajstić information content (AvgIpc) is 3.00. The number of rotatable bonds is 3. The van der Waals surface area contributed by atoms with Crippen molar-refractivity contribution in [2.45, 2.75) is 13.0 Å². The Kier molecular flexibility index (Phi) is 2.99. The van der Waals surface area contributed by atoms with E-state index in [1.54, 1.807) is 25.0 Å². The van der Waals surface area contributed by atoms with Crippen LogP contribution in [0.25, 0.3) is 11.0 Å². The molecule has 2 heterocycles. The van der Waals surface area contributed by atoms with Gasteiger partial charge in [0.05, 0.1) is 13.3 Å². The molecule has 5 heteroatoms. The number of hydrogen-bond donors (Lipinski definition) is 1. The number of aliphatic hydroxyl groups excluding tert-OH is 1. The summed E-state index contributed by atoms with van der Waals surface area (Å²) in [7, 11) is 3.31. The molecular weight excluding hydrogens is 256 g/mol. The summed E-state index contributed by atoms with van der Waals surface area (Å²) in [4.78, 5) is 0. The van der Waals surface area contributed by atoms with Crippen LogP contribution < -0.4 is 4.74 Å². The van der Waals surface area contributed by atoms with Crippen LogP contribution in [0.2, 0.25) is 0 Å². The van der Waals surface area contributed by atoms with Crippen molar-refractivity contribution in [2.24, 2.45) is 7.05 Å². The number of furan rings is 1. The highest BCUT2D eigenvalue weighted by Crippen LogP contribution is 2.32. The lowest BCUT2D eigenvalue weighted by Crippen LogP contribution is -2.07. The number of aliphatic hydroxyl groups is 1. The van der Waals surface area contributed by atoms with Gasteiger partial charge in [-0.1, -0.05) is 11.6 Å². The van der Waals surface area contributed by atoms with Crippen LogP contribution in [-0.4, -0.2) is 22.0 Å². The van der Waals surface area contributed by atoms with E-state index >= 15 is 0 Å². The lowest BCUT2D eigenvalue weighted by atomic mass is 10.1. The molecule has 20 heavy (non-hydrogen) atoms. The maximum atomic E-state index is 10.5. The minimum absolute atomic E-state index is 0.479. The fraction of sp³-hybridized carbons (Fsp3) is 0.267. The first-order valence-electron chi connectivity index (χ1n) is 6.34. The Morgan fingerprint density at radius 2 is 2.15 bits per heavy atom. The first kappa shape index (κ1) is 12.7. The van der Waals surface area contributed by atoms with E-state index in [0.717, 1.165) is 16.5 Å². The number of methoxy groups -OCH3 is 1. The van der Waals surface area contributed by atoms with Crippen LogP contribution >= 0.6 is 0 Å². The van der Waals surface area contributed by atoms with Crippen molar-refractivity contribution in [3.63, 3.8) is 0 Å². The maximum Gasteiger partial charge on any atom is 0.163 e. The third-order valence-corrected chi connectivity index (χ3v) is 3.39. The second kappa shape index (κ2) is 4.68. The Hall–Kier alpha value is -2.27. The minimum Gasteiger partial charge on any atom is -0.493 e. The number of aromatic nitrogens is 2. The van der Waals surface area contributed by atoms with E-state index < -0.39 is 6.10 Å². The standard InChI is InChI=1S/C15H16N2O3/c1-9-4-5-11-10(6-9)7-12(20-11)15(18)14-13(19-3)8-16-17(14)2/h4-8,15,18H,1-3H3. The molecule has 3 rings (SSSR count). The van der Waals surface area contributed by atoms with E-state index in [2.05, 4.69) is 5.10 Å². The summed E-state index contributed by atoms with van der Waals surface area (Å²) in [5, 5.41) is 15.6. The van der Waals surface area contributed by atoms with Gasteiger partial charge in [0.1, 0.15) is 17.0 Å². The highest BCUT2D eigenvalue weighted by atomic mass is 16.5. The summed E-state index contributed by atoms with van der Waals surface area (Å²) in [6, 6.07) is 7.75. The largest absolute Gasteiger partial charge is 0.493 e. The van der Waals surface area contributed by atoms with E-state index in [-0.39, 0.29) is 0 Å². The van der Waals surface area contributed by atoms with Crippen LogP contribution in [0.4, 0.5) is 0 Å². The molecule has 3 aromatic rings. The van der Waals surface area contributed by atoms with Crippen molar-refractivity contribution in [3.05, 3.63) is 47.5 Å². The topological polar surface area (TPSA) is 60.4 Å². The fourth-order valence-electron chi connectivity index (χ4n) is 2.35. The van der Waals surface area contributed by atoms with Crippen LogP contribution in [0.5, 0.6) is 5.75 Å². The average molecular weight is 272 g/mol. The molecule has 0 bridgehead atoms. The second-order valence-electron chi connectivity index (χ2n) is 4.81. The summed E-state index contributed by atoms with van der Waals surface area (Å²) in [6.07, 6.45) is 0.663. The molecule has 1 N–H and O–H groups in total. The molecule has 0 radical (unpaired) electrons. The lowest BCUT2D eigenvalue weighted by Gasteiger charge is -2.10. The Balaban J connectivity index is 2.07. The lowest BCUT2D eigenvalue weighted by molar-refractivity contribution is 0.178. The molecule has 0 aliphatic heterocycles. The van der Waals surface area contributed by atoms with Gasteiger partial charge in [0.2, 0.25) is 0 Å². The molecule has 0 amide bonds. The molecule has 104 valence electrons. The SMILES string of the molecule is COc1cnn(C)c1C(O)c1cc2cc(C)ccc2o1. The molecular formula is C15H16N2O3. The van der Waals surface area contributed by atoms with E-state index in [9.17, 15) is 5.11 Å². The molecule has 0 saturated carbocycles. The maximum absolute atomic E-state index is 10.5. The van der Waals surface area contributed by atoms with Crippen molar-refractivity contribution < 1.29 is 14.3 Å². The molecule has 2 aromatic heterocycles. The van der Waals surface area contributed by atoms with Crippen molar-refractivity contribution in [1.82, 2.24) is 9.78 Å². The monoisotopic (exact) mass is 272 g/mol. The molecule has 1 unspecified atom stereocenters. The molecule has 5 nitrogen and oxygen atoms in total. The molecule has 0 aliphatic carbocycles. The summed E-state index contributed by atoms with van der Waals surface area (Å²) in [5.74, 6) is 1.02. The zero-order valence-electron chi connectivity index (χ0n) is 11.6. The van der Waals surface area contributed by atoms with Crippen molar-refractivity contribution in [1.29, 1.82) is 0 Å². The van der Waals surface area contributed by atoms with E-state index in [1.807, 2.05) is 31.2 Å². The van der Waals surface area contributed by atoms with Gasteiger partial charge in [-0.05, 0) is 25.1 Å². The Morgan fingerprint density at radius 3 is 2.90 bits per heavy atom. The van der Waals surface area contributed by atoms with Gasteiger partial charge in [0.15, 0.2) is 11.9 Å². The highest BCUT2D eigenvalue weighted by Gasteiger charge is 2.23. The number of nitrogens with zero attached hydrogens (tertiary/aromatic N) is 2. The quantitative estimate of drug-likeness (QED) is 0.796. The number of fused-ring (bicyclic) bond motifs is 1. The van der Waals surface area contributed by atoms with E-state index in [4.69, 9.17) is 9.15 Å². The number of ether oxygens (including phenoxy) is 1. The van der Waals surface area contributed by atoms with Gasteiger partial charge in [-0.2, -0.15) is 5.10 Å². The van der Waals surface area contributed by atoms with Crippen molar-refractivity contribution >= 4 is 11.0 Å². The Labute approximate surface area is 116 Å². The predicted octanol–water partition coefficient (Wildman–Crippen LogP) is 2.57. The van der Waals surface area contributed by atoms with Crippen LogP contribution in [0.15, 0.2) is 34.9 Å². The first-order valence-corrected chi connectivity index (χ1v) is 6.34. The zero-order chi connectivity index (χ0) is 14.3. The van der Waals surface area contributed by atoms with Gasteiger partial charge in [-0.15, -0.1) is 0 Å². The molecule has 0 fully saturated rings. The number of benzene rings is 1. The fourth-order valence-corrected chi connectivity index (χ4v) is 2.35. The molecule has 0 spiro atoms. The van der Waals surface area contributed by atoms with Crippen molar-refractivity contribution in [2.75, 3.05) is 7.11 Å². The number of hydrogen-bond acceptors (Lipinski definition) is 4. The molecule has 1 atom stereocenters. The van der Waals surface area contributed by atoms with Gasteiger partial charge < -0.3 is 14.3 Å². The highest BCUT2D eigenvalue weighted by molar-refractivity contribution is 5.78. The normalized spacial score (nSPS) is 12.8. The third-order valence-electron chi connectivity index (χ3n) is 3.39. The Morgan fingerprint density at radius 1 is 1.35 bits per heavy atom. The van der Waals surface area contributed by atoms with Gasteiger partial charge in [0, 0.05) is 12.4 Å². The van der Waals surface area contributed by atoms with Crippen molar-refractivity contribution in [3.8, 4) is 5.75 Å². The predicted molar refractivity (Wildman–Crippen MR) is 74.8 cm³/mol. The zero-order valence-corrected chi connectivity index (χ0v) is 11.6. The Bertz CT molecular complexity index is 758. The third kappa shape index (κ3) is 1.96. The summed E-state index contributed by atoms with van der Waals surface area (Å²) in [5.41, 5.74) is 2.48. The summed E-state index contributed by atoms with van der Waals surface area (Å²) < 4.78 is 12.5. The van der Waals surface area contributed by atoms with Crippen LogP contribution in [0.1, 0.15) is 23.1 Å². The van der Waals surface area contributed by atoms with Gasteiger partial charge >= 0.3 is 0 Å². The number of aryl methyl sites for hydroxylation is 2. The van der Waals surface area contributed by atoms with Gasteiger partial charge in [0.25, 0.3) is 0 Å². The summed E-state index contributed by atoms with van der Waals surface area (Å²) in [6.45, 7) is 2.02. The minimum atomic E-state index is -0.912. The first-order chi connectivity index (χ1) is 9.60. The molecule has 0 saturated heterocycles. The van der Waals surface area contributed by atoms with Crippen LogP contribution in [0.3, 0.4) is 0 Å². The van der Waals surface area contributed by atoms with E-state index in [1.165, 1.54) is 0 Å². The smallest absolute Gasteiger partial charge is 0.163 e. The van der Waals surface area contributed by atoms with E-state index in [0.29, 0.717) is 17.2 Å². The van der Waals surface area contributed by atoms with Gasteiger partial charge in [-0.3, -0.25) is 4.68 Å². The van der Waals surface area contributed by atoms with Crippen LogP contribution in [-0.2, 0) is 7.05 Å². The molecule has 0 aliphatic rings. The second-order valence-corrected chi connectivity index (χ2v) is 4.81. The molecule has 1 aromatic carbocycles. The summed E-state index contributed by atoms with van der Waals surface area (Å²) >= 11 is 0.